The Morgan fingerprint density at radius 1 is 0.570 bits per heavy atom. The van der Waals surface area contributed by atoms with Crippen molar-refractivity contribution in [1.82, 2.24) is 31.9 Å². The molecule has 0 aromatic heterocycles. The smallest absolute Gasteiger partial charge is 0.408 e. The van der Waals surface area contributed by atoms with Crippen LogP contribution in [0.3, 0.4) is 0 Å². The second-order valence-electron chi connectivity index (χ2n) is 24.6. The van der Waals surface area contributed by atoms with Crippen LogP contribution in [0.25, 0.3) is 0 Å². The van der Waals surface area contributed by atoms with Crippen LogP contribution in [-0.4, -0.2) is 179 Å². The van der Waals surface area contributed by atoms with Crippen LogP contribution in [0.2, 0.25) is 0 Å². The van der Waals surface area contributed by atoms with Crippen molar-refractivity contribution in [1.29, 1.82) is 0 Å². The fourth-order valence-corrected chi connectivity index (χ4v) is 8.89. The quantitative estimate of drug-likeness (QED) is 0.0556. The summed E-state index contributed by atoms with van der Waals surface area (Å²) < 4.78 is 64.9. The Bertz CT molecular complexity index is 2090. The van der Waals surface area contributed by atoms with Crippen molar-refractivity contribution >= 4 is 59.9 Å². The maximum Gasteiger partial charge on any atom is 0.408 e. The van der Waals surface area contributed by atoms with E-state index in [1.807, 2.05) is 0 Å². The molecule has 0 spiro atoms. The van der Waals surface area contributed by atoms with Gasteiger partial charge >= 0.3 is 42.4 Å². The molecule has 1 saturated carbocycles. The molecular formula is C52H89ClN6O20. The number of esters is 2. The third kappa shape index (κ3) is 24.6. The number of hydrogen-bond acceptors (Lipinski definition) is 20. The normalized spacial score (nSPS) is 28.0. The monoisotopic (exact) mass is 1150 g/mol. The van der Waals surface area contributed by atoms with Crippen LogP contribution in [0.5, 0.6) is 0 Å². The molecule has 3 aliphatic rings. The lowest BCUT2D eigenvalue weighted by Crippen LogP contribution is -2.70. The maximum atomic E-state index is 14.5. The number of alkyl carbamates (subject to hydrolysis) is 5. The second-order valence-corrected chi connectivity index (χ2v) is 25.1. The lowest BCUT2D eigenvalue weighted by molar-refractivity contribution is -0.302. The Morgan fingerprint density at radius 3 is 1.51 bits per heavy atom. The molecular weight excluding hydrogens is 1060 g/mol. The van der Waals surface area contributed by atoms with Gasteiger partial charge in [-0.25, -0.2) is 24.0 Å². The molecule has 3 fully saturated rings. The summed E-state index contributed by atoms with van der Waals surface area (Å²) in [5.41, 5.74) is -4.64. The summed E-state index contributed by atoms with van der Waals surface area (Å²) >= 11 is 6.98. The maximum absolute atomic E-state index is 14.5. The minimum Gasteiger partial charge on any atom is -0.455 e. The number of carbonyl (C=O) groups excluding carboxylic acids is 8. The number of alkyl halides is 1. The molecule has 6 unspecified atom stereocenters. The van der Waals surface area contributed by atoms with Crippen LogP contribution in [0.4, 0.5) is 24.0 Å². The molecule has 14 atom stereocenters. The molecule has 0 aromatic rings. The third-order valence-corrected chi connectivity index (χ3v) is 11.9. The zero-order valence-corrected chi connectivity index (χ0v) is 49.9. The van der Waals surface area contributed by atoms with Crippen molar-refractivity contribution in [2.45, 2.75) is 270 Å². The van der Waals surface area contributed by atoms with Crippen LogP contribution in [-0.2, 0) is 66.5 Å². The van der Waals surface area contributed by atoms with Crippen LogP contribution < -0.4 is 31.9 Å². The van der Waals surface area contributed by atoms with E-state index in [0.29, 0.717) is 0 Å². The molecule has 2 saturated heterocycles. The number of ether oxygens (including phenoxy) is 11. The first-order chi connectivity index (χ1) is 36.1. The van der Waals surface area contributed by atoms with Gasteiger partial charge in [0, 0.05) is 33.4 Å². The van der Waals surface area contributed by atoms with E-state index in [-0.39, 0.29) is 45.2 Å². The minimum absolute atomic E-state index is 0.0907. The molecule has 27 heteroatoms. The molecule has 7 N–H and O–H groups in total. The van der Waals surface area contributed by atoms with Crippen molar-refractivity contribution in [3.8, 4) is 0 Å². The first-order valence-corrected chi connectivity index (χ1v) is 27.1. The van der Waals surface area contributed by atoms with Gasteiger partial charge in [-0.1, -0.05) is 6.92 Å². The molecule has 26 nitrogen and oxygen atoms in total. The number of aliphatic hydroxyl groups is 1. The van der Waals surface area contributed by atoms with Crippen LogP contribution >= 0.6 is 11.6 Å². The van der Waals surface area contributed by atoms with Crippen molar-refractivity contribution in [3.63, 3.8) is 0 Å². The van der Waals surface area contributed by atoms with Gasteiger partial charge in [0.1, 0.15) is 46.3 Å². The average molecular weight is 1150 g/mol. The number of amides is 6. The molecule has 0 bridgehead atoms. The predicted molar refractivity (Wildman–Crippen MR) is 282 cm³/mol. The SMILES string of the molecule is CCC1O[C@H](O[C@@H]2C(O)C(O[C@H]3OC(CNC(=O)OC(C)(C)C)CCC3NC(=O)OC(C)(C)C)[C@@H](NC(=O)OC(C)(C)C)C[C@H]2NC(=O)[C@H](CCNC(=O)OC(C)(C)C)OC(C)=O)C(OC(C)=O)[C@@H](NC(=O)OC(C)(C)C)[C@H]1Cl. The molecule has 2 aliphatic heterocycles. The summed E-state index contributed by atoms with van der Waals surface area (Å²) in [7, 11) is 0. The van der Waals surface area contributed by atoms with E-state index in [4.69, 9.17) is 63.7 Å². The number of carbonyl (C=O) groups is 8. The molecule has 3 rings (SSSR count). The lowest BCUT2D eigenvalue weighted by Gasteiger charge is -2.50. The Morgan fingerprint density at radius 2 is 1.03 bits per heavy atom. The molecule has 2 heterocycles. The fourth-order valence-electron chi connectivity index (χ4n) is 8.45. The Labute approximate surface area is 468 Å². The van der Waals surface area contributed by atoms with E-state index in [1.54, 1.807) is 111 Å². The average Bonchev–Trinajstić information content (AvgIpc) is 3.24. The number of aliphatic hydroxyl groups excluding tert-OH is 1. The highest BCUT2D eigenvalue weighted by Gasteiger charge is 2.55. The largest absolute Gasteiger partial charge is 0.455 e. The first-order valence-electron chi connectivity index (χ1n) is 26.6. The number of hydrogen-bond donors (Lipinski definition) is 7. The number of halogens is 1. The summed E-state index contributed by atoms with van der Waals surface area (Å²) in [4.78, 5) is 106. The summed E-state index contributed by atoms with van der Waals surface area (Å²) in [6.07, 6.45) is -17.6. The molecule has 6 amide bonds. The van der Waals surface area contributed by atoms with Gasteiger partial charge in [-0.2, -0.15) is 0 Å². The lowest BCUT2D eigenvalue weighted by atomic mass is 9.83. The summed E-state index contributed by atoms with van der Waals surface area (Å²) in [5.74, 6) is -2.66. The van der Waals surface area contributed by atoms with Gasteiger partial charge in [-0.3, -0.25) is 14.4 Å². The van der Waals surface area contributed by atoms with E-state index in [0.717, 1.165) is 13.8 Å². The fraction of sp³-hybridized carbons (Fsp3) is 0.846. The molecule has 79 heavy (non-hydrogen) atoms. The van der Waals surface area contributed by atoms with Crippen molar-refractivity contribution in [2.75, 3.05) is 13.1 Å². The van der Waals surface area contributed by atoms with Gasteiger partial charge in [-0.15, -0.1) is 11.6 Å². The zero-order valence-electron chi connectivity index (χ0n) is 49.1. The Balaban J connectivity index is 2.26. The van der Waals surface area contributed by atoms with Crippen LogP contribution in [0.1, 0.15) is 157 Å². The van der Waals surface area contributed by atoms with Gasteiger partial charge in [0.25, 0.3) is 5.91 Å². The van der Waals surface area contributed by atoms with Gasteiger partial charge in [0.15, 0.2) is 24.8 Å². The highest BCUT2D eigenvalue weighted by atomic mass is 35.5. The third-order valence-electron chi connectivity index (χ3n) is 11.3. The van der Waals surface area contributed by atoms with E-state index in [2.05, 4.69) is 31.9 Å². The minimum atomic E-state index is -1.97. The van der Waals surface area contributed by atoms with E-state index >= 15 is 0 Å². The van der Waals surface area contributed by atoms with Crippen molar-refractivity contribution in [3.05, 3.63) is 0 Å². The summed E-state index contributed by atoms with van der Waals surface area (Å²) in [6, 6.07) is -5.02. The standard InChI is InChI=1S/C52H89ClN6O20/c1-19-32-34(53)35(59-47(68)79-52(16,17)18)39(70-27(3)61)42(72-32)74-37-30(56-40(63)33(69-26(2)60)22-23-54-43(64)75-48(4,5)6)24-31(58-46(67)78-51(13,14)15)38(36(37)62)73-41-29(57-45(66)77-50(10,11)12)21-20-28(71-41)25-55-44(65)76-49(7,8)9/h28-39,41-42,62H,19-25H2,1-18H3,(H,54,64)(H,55,65)(H,56,63)(H,57,66)(H,58,67)(H,59,68)/t28?,29?,30-,31+,32?,33+,34+,35+,36?,37+,38?,39?,41-,42-/m1/s1. The highest BCUT2D eigenvalue weighted by Crippen LogP contribution is 2.36. The topological polar surface area (TPSA) is 330 Å². The summed E-state index contributed by atoms with van der Waals surface area (Å²) in [5, 5.41) is 28.1. The van der Waals surface area contributed by atoms with Crippen LogP contribution in [0, 0.1) is 0 Å². The number of rotatable bonds is 17. The predicted octanol–water partition coefficient (Wildman–Crippen LogP) is 5.24. The molecule has 454 valence electrons. The van der Waals surface area contributed by atoms with E-state index in [1.165, 1.54) is 0 Å². The molecule has 1 aliphatic carbocycles. The van der Waals surface area contributed by atoms with Crippen molar-refractivity contribution in [2.24, 2.45) is 0 Å². The second kappa shape index (κ2) is 28.5. The summed E-state index contributed by atoms with van der Waals surface area (Å²) in [6.45, 7) is 28.4. The van der Waals surface area contributed by atoms with Gasteiger partial charge in [-0.05, 0) is 130 Å². The number of nitrogens with one attached hydrogen (secondary N) is 6. The highest BCUT2D eigenvalue weighted by molar-refractivity contribution is 6.21. The van der Waals surface area contributed by atoms with Gasteiger partial charge in [0.05, 0.1) is 41.8 Å². The van der Waals surface area contributed by atoms with E-state index in [9.17, 15) is 43.5 Å². The Hall–Kier alpha value is -5.15. The zero-order chi connectivity index (χ0) is 60.2. The van der Waals surface area contributed by atoms with E-state index < -0.39 is 161 Å². The first kappa shape index (κ1) is 68.1. The van der Waals surface area contributed by atoms with Crippen molar-refractivity contribution < 1.29 is 95.6 Å². The van der Waals surface area contributed by atoms with Gasteiger partial charge in [0.2, 0.25) is 0 Å². The molecule has 0 radical (unpaired) electrons. The molecule has 0 aromatic carbocycles. The van der Waals surface area contributed by atoms with Crippen LogP contribution in [0.15, 0.2) is 0 Å². The van der Waals surface area contributed by atoms with Gasteiger partial charge < -0.3 is 89.1 Å². The Kier molecular flexibility index (Phi) is 24.6.